The van der Waals surface area contributed by atoms with Gasteiger partial charge in [0.15, 0.2) is 0 Å². The van der Waals surface area contributed by atoms with Gasteiger partial charge in [0.05, 0.1) is 6.61 Å². The Morgan fingerprint density at radius 1 is 1.47 bits per heavy atom. The van der Waals surface area contributed by atoms with Gasteiger partial charge >= 0.3 is 6.03 Å². The number of likely N-dealkylation sites (N-methyl/N-ethyl adjacent to an activating group) is 1. The van der Waals surface area contributed by atoms with Crippen molar-refractivity contribution in [2.45, 2.75) is 33.6 Å². The standard InChI is InChI=1S/C11H24N2O2/c1-4-13(8-9-14)11(15)12-7-5-6-10(2)3/h10,14H,4-9H2,1-3H3,(H,12,15). The van der Waals surface area contributed by atoms with E-state index in [0.29, 0.717) is 19.0 Å². The fourth-order valence-corrected chi connectivity index (χ4v) is 1.34. The van der Waals surface area contributed by atoms with Crippen LogP contribution in [-0.2, 0) is 0 Å². The van der Waals surface area contributed by atoms with Crippen LogP contribution in [0.25, 0.3) is 0 Å². The summed E-state index contributed by atoms with van der Waals surface area (Å²) in [5.41, 5.74) is 0. The molecule has 4 nitrogen and oxygen atoms in total. The van der Waals surface area contributed by atoms with Crippen molar-refractivity contribution < 1.29 is 9.90 Å². The minimum Gasteiger partial charge on any atom is -0.395 e. The Kier molecular flexibility index (Phi) is 8.09. The maximum absolute atomic E-state index is 11.5. The predicted molar refractivity (Wildman–Crippen MR) is 61.8 cm³/mol. The Bertz CT molecular complexity index is 172. The Morgan fingerprint density at radius 3 is 2.60 bits per heavy atom. The lowest BCUT2D eigenvalue weighted by atomic mass is 10.1. The Labute approximate surface area is 92.7 Å². The largest absolute Gasteiger partial charge is 0.395 e. The summed E-state index contributed by atoms with van der Waals surface area (Å²) in [6.45, 7) is 8.04. The smallest absolute Gasteiger partial charge is 0.317 e. The highest BCUT2D eigenvalue weighted by Crippen LogP contribution is 2.01. The normalized spacial score (nSPS) is 10.5. The van der Waals surface area contributed by atoms with Crippen LogP contribution in [0.5, 0.6) is 0 Å². The third kappa shape index (κ3) is 7.19. The third-order valence-corrected chi connectivity index (χ3v) is 2.27. The van der Waals surface area contributed by atoms with E-state index in [1.165, 1.54) is 0 Å². The van der Waals surface area contributed by atoms with Gasteiger partial charge in [-0.1, -0.05) is 13.8 Å². The lowest BCUT2D eigenvalue weighted by molar-refractivity contribution is 0.180. The molecule has 0 aliphatic carbocycles. The van der Waals surface area contributed by atoms with E-state index in [2.05, 4.69) is 19.2 Å². The summed E-state index contributed by atoms with van der Waals surface area (Å²) in [5, 5.41) is 11.6. The van der Waals surface area contributed by atoms with Crippen molar-refractivity contribution >= 4 is 6.03 Å². The predicted octanol–water partition coefficient (Wildman–Crippen LogP) is 1.45. The fraction of sp³-hybridized carbons (Fsp3) is 0.909. The summed E-state index contributed by atoms with van der Waals surface area (Å²) in [7, 11) is 0. The van der Waals surface area contributed by atoms with Crippen molar-refractivity contribution in [3.8, 4) is 0 Å². The molecule has 2 amide bonds. The van der Waals surface area contributed by atoms with Gasteiger partial charge in [0.1, 0.15) is 0 Å². The number of nitrogens with one attached hydrogen (secondary N) is 1. The zero-order valence-corrected chi connectivity index (χ0v) is 10.1. The van der Waals surface area contributed by atoms with Crippen LogP contribution in [0.4, 0.5) is 4.79 Å². The van der Waals surface area contributed by atoms with E-state index in [-0.39, 0.29) is 12.6 Å². The minimum absolute atomic E-state index is 0.0211. The quantitative estimate of drug-likeness (QED) is 0.633. The van der Waals surface area contributed by atoms with E-state index in [9.17, 15) is 4.79 Å². The Balaban J connectivity index is 3.62. The number of amides is 2. The number of carbonyl (C=O) groups excluding carboxylic acids is 1. The third-order valence-electron chi connectivity index (χ3n) is 2.27. The summed E-state index contributed by atoms with van der Waals surface area (Å²) in [5.74, 6) is 0.682. The van der Waals surface area contributed by atoms with E-state index >= 15 is 0 Å². The highest BCUT2D eigenvalue weighted by Gasteiger charge is 2.09. The molecule has 0 fully saturated rings. The first-order chi connectivity index (χ1) is 7.11. The summed E-state index contributed by atoms with van der Waals surface area (Å²) < 4.78 is 0. The van der Waals surface area contributed by atoms with E-state index in [4.69, 9.17) is 5.11 Å². The Morgan fingerprint density at radius 2 is 2.13 bits per heavy atom. The molecular formula is C11H24N2O2. The number of aliphatic hydroxyl groups is 1. The second-order valence-corrected chi connectivity index (χ2v) is 4.07. The van der Waals surface area contributed by atoms with E-state index < -0.39 is 0 Å². The number of hydrogen-bond donors (Lipinski definition) is 2. The molecule has 0 rings (SSSR count). The van der Waals surface area contributed by atoms with Crippen LogP contribution in [0, 0.1) is 5.92 Å². The molecule has 0 saturated carbocycles. The minimum atomic E-state index is -0.0738. The molecule has 0 saturated heterocycles. The van der Waals surface area contributed by atoms with E-state index in [0.717, 1.165) is 19.4 Å². The first kappa shape index (κ1) is 14.2. The molecule has 90 valence electrons. The molecule has 0 atom stereocenters. The van der Waals surface area contributed by atoms with Gasteiger partial charge in [-0.3, -0.25) is 0 Å². The topological polar surface area (TPSA) is 52.6 Å². The number of urea groups is 1. The van der Waals surface area contributed by atoms with Crippen LogP contribution in [0.2, 0.25) is 0 Å². The number of nitrogens with zero attached hydrogens (tertiary/aromatic N) is 1. The SMILES string of the molecule is CCN(CCO)C(=O)NCCCC(C)C. The van der Waals surface area contributed by atoms with E-state index in [1.54, 1.807) is 4.90 Å². The zero-order chi connectivity index (χ0) is 11.7. The molecule has 0 radical (unpaired) electrons. The van der Waals surface area contributed by atoms with Crippen LogP contribution in [0.15, 0.2) is 0 Å². The van der Waals surface area contributed by atoms with Crippen LogP contribution < -0.4 is 5.32 Å². The fourth-order valence-electron chi connectivity index (χ4n) is 1.34. The van der Waals surface area contributed by atoms with Crippen molar-refractivity contribution in [2.75, 3.05) is 26.2 Å². The molecule has 0 heterocycles. The molecule has 2 N–H and O–H groups in total. The highest BCUT2D eigenvalue weighted by molar-refractivity contribution is 5.74. The van der Waals surface area contributed by atoms with Gasteiger partial charge in [-0.2, -0.15) is 0 Å². The van der Waals surface area contributed by atoms with Crippen LogP contribution in [0.1, 0.15) is 33.6 Å². The molecule has 0 aromatic heterocycles. The van der Waals surface area contributed by atoms with Gasteiger partial charge < -0.3 is 15.3 Å². The van der Waals surface area contributed by atoms with Crippen molar-refractivity contribution in [1.29, 1.82) is 0 Å². The molecule has 0 aromatic carbocycles. The summed E-state index contributed by atoms with van der Waals surface area (Å²) >= 11 is 0. The first-order valence-corrected chi connectivity index (χ1v) is 5.75. The maximum atomic E-state index is 11.5. The number of hydrogen-bond acceptors (Lipinski definition) is 2. The van der Waals surface area contributed by atoms with Gasteiger partial charge in [-0.25, -0.2) is 4.79 Å². The average molecular weight is 216 g/mol. The zero-order valence-electron chi connectivity index (χ0n) is 10.1. The summed E-state index contributed by atoms with van der Waals surface area (Å²) in [4.78, 5) is 13.1. The van der Waals surface area contributed by atoms with Gasteiger partial charge in [0.25, 0.3) is 0 Å². The first-order valence-electron chi connectivity index (χ1n) is 5.75. The van der Waals surface area contributed by atoms with Crippen molar-refractivity contribution in [3.63, 3.8) is 0 Å². The van der Waals surface area contributed by atoms with Gasteiger partial charge in [-0.05, 0) is 25.7 Å². The van der Waals surface area contributed by atoms with Gasteiger partial charge in [0, 0.05) is 19.6 Å². The van der Waals surface area contributed by atoms with Gasteiger partial charge in [-0.15, -0.1) is 0 Å². The number of rotatable bonds is 7. The molecule has 0 aliphatic rings. The molecule has 0 spiro atoms. The molecule has 0 aromatic rings. The van der Waals surface area contributed by atoms with Crippen LogP contribution in [-0.4, -0.2) is 42.3 Å². The molecule has 0 unspecified atom stereocenters. The second kappa shape index (κ2) is 8.53. The second-order valence-electron chi connectivity index (χ2n) is 4.07. The number of carbonyl (C=O) groups is 1. The molecular weight excluding hydrogens is 192 g/mol. The summed E-state index contributed by atoms with van der Waals surface area (Å²) in [6, 6.07) is -0.0738. The Hall–Kier alpha value is -0.770. The van der Waals surface area contributed by atoms with Crippen molar-refractivity contribution in [1.82, 2.24) is 10.2 Å². The molecule has 0 aliphatic heterocycles. The lowest BCUT2D eigenvalue weighted by Gasteiger charge is -2.20. The maximum Gasteiger partial charge on any atom is 0.317 e. The van der Waals surface area contributed by atoms with E-state index in [1.807, 2.05) is 6.92 Å². The average Bonchev–Trinajstić information content (AvgIpc) is 2.20. The molecule has 15 heavy (non-hydrogen) atoms. The van der Waals surface area contributed by atoms with Crippen LogP contribution >= 0.6 is 0 Å². The number of aliphatic hydroxyl groups excluding tert-OH is 1. The monoisotopic (exact) mass is 216 g/mol. The summed E-state index contributed by atoms with van der Waals surface area (Å²) in [6.07, 6.45) is 2.15. The van der Waals surface area contributed by atoms with Gasteiger partial charge in [0.2, 0.25) is 0 Å². The van der Waals surface area contributed by atoms with Crippen LogP contribution in [0.3, 0.4) is 0 Å². The lowest BCUT2D eigenvalue weighted by Crippen LogP contribution is -2.41. The van der Waals surface area contributed by atoms with Crippen molar-refractivity contribution in [2.24, 2.45) is 5.92 Å². The highest BCUT2D eigenvalue weighted by atomic mass is 16.3. The molecule has 4 heteroatoms. The molecule has 0 bridgehead atoms. The van der Waals surface area contributed by atoms with Crippen molar-refractivity contribution in [3.05, 3.63) is 0 Å².